The smallest absolute Gasteiger partial charge is 0.323 e. The van der Waals surface area contributed by atoms with Crippen LogP contribution in [-0.4, -0.2) is 58.9 Å². The van der Waals surface area contributed by atoms with Gasteiger partial charge in [0.25, 0.3) is 5.91 Å². The molecule has 0 fully saturated rings. The molecule has 0 atom stereocenters. The predicted molar refractivity (Wildman–Crippen MR) is 77.9 cm³/mol. The first-order valence-corrected chi connectivity index (χ1v) is 7.03. The van der Waals surface area contributed by atoms with Gasteiger partial charge in [0.05, 0.1) is 6.54 Å². The van der Waals surface area contributed by atoms with Crippen LogP contribution in [0.5, 0.6) is 0 Å². The summed E-state index contributed by atoms with van der Waals surface area (Å²) in [4.78, 5) is 37.3. The molecule has 7 nitrogen and oxygen atoms in total. The zero-order valence-corrected chi connectivity index (χ0v) is 13.6. The number of amides is 2. The highest BCUT2D eigenvalue weighted by molar-refractivity contribution is 9.10. The van der Waals surface area contributed by atoms with Gasteiger partial charge in [0, 0.05) is 13.1 Å². The maximum atomic E-state index is 12.1. The van der Waals surface area contributed by atoms with Crippen LogP contribution >= 0.6 is 15.9 Å². The molecule has 0 aliphatic rings. The maximum absolute atomic E-state index is 12.1. The number of hydrogen-bond acceptors (Lipinski definition) is 4. The van der Waals surface area contributed by atoms with E-state index in [0.717, 1.165) is 0 Å². The Labute approximate surface area is 130 Å². The normalized spacial score (nSPS) is 10.5. The summed E-state index contributed by atoms with van der Waals surface area (Å²) in [5, 5.41) is 8.81. The molecule has 1 rings (SSSR count). The molecule has 0 radical (unpaired) electrons. The highest BCUT2D eigenvalue weighted by atomic mass is 79.9. The van der Waals surface area contributed by atoms with E-state index in [1.165, 1.54) is 22.9 Å². The van der Waals surface area contributed by atoms with Gasteiger partial charge in [-0.15, -0.1) is 0 Å². The number of likely N-dealkylation sites (N-methyl/N-ethyl adjacent to an activating group) is 1. The molecule has 0 bridgehead atoms. The van der Waals surface area contributed by atoms with Gasteiger partial charge in [-0.05, 0) is 41.9 Å². The standard InChI is InChI=1S/C13H17BrN2O5/c1-8(2)16(7-12(18)19)11(17)6-15(3)13(20)9-4-5-10(14)21-9/h4-5,8H,6-7H2,1-3H3,(H,18,19). The number of rotatable bonds is 6. The van der Waals surface area contributed by atoms with Crippen LogP contribution in [-0.2, 0) is 9.59 Å². The summed E-state index contributed by atoms with van der Waals surface area (Å²) in [5.41, 5.74) is 0. The summed E-state index contributed by atoms with van der Waals surface area (Å²) in [7, 11) is 1.45. The van der Waals surface area contributed by atoms with E-state index in [4.69, 9.17) is 9.52 Å². The van der Waals surface area contributed by atoms with Crippen LogP contribution in [0.2, 0.25) is 0 Å². The van der Waals surface area contributed by atoms with E-state index in [-0.39, 0.29) is 18.3 Å². The highest BCUT2D eigenvalue weighted by Crippen LogP contribution is 2.15. The number of aliphatic carboxylic acids is 1. The van der Waals surface area contributed by atoms with Crippen molar-refractivity contribution in [3.63, 3.8) is 0 Å². The lowest BCUT2D eigenvalue weighted by Gasteiger charge is -2.27. The molecule has 1 aromatic heterocycles. The number of furan rings is 1. The Kier molecular flexibility index (Phi) is 5.95. The molecule has 0 saturated carbocycles. The van der Waals surface area contributed by atoms with Crippen LogP contribution < -0.4 is 0 Å². The monoisotopic (exact) mass is 360 g/mol. The fourth-order valence-corrected chi connectivity index (χ4v) is 1.99. The van der Waals surface area contributed by atoms with Crippen molar-refractivity contribution in [1.82, 2.24) is 9.80 Å². The summed E-state index contributed by atoms with van der Waals surface area (Å²) in [6.07, 6.45) is 0. The molecular weight excluding hydrogens is 344 g/mol. The van der Waals surface area contributed by atoms with E-state index >= 15 is 0 Å². The topological polar surface area (TPSA) is 91.1 Å². The van der Waals surface area contributed by atoms with E-state index in [9.17, 15) is 14.4 Å². The molecule has 0 saturated heterocycles. The number of carboxylic acid groups (broad SMARTS) is 1. The lowest BCUT2D eigenvalue weighted by molar-refractivity contribution is -0.145. The molecule has 0 aromatic carbocycles. The van der Waals surface area contributed by atoms with Gasteiger partial charge in [-0.2, -0.15) is 0 Å². The molecule has 0 spiro atoms. The minimum atomic E-state index is -1.10. The van der Waals surface area contributed by atoms with Gasteiger partial charge in [-0.25, -0.2) is 0 Å². The second kappa shape index (κ2) is 7.26. The van der Waals surface area contributed by atoms with Crippen LogP contribution in [0.4, 0.5) is 0 Å². The summed E-state index contributed by atoms with van der Waals surface area (Å²) < 4.78 is 5.54. The van der Waals surface area contributed by atoms with Crippen LogP contribution in [0, 0.1) is 0 Å². The number of carbonyl (C=O) groups excluding carboxylic acids is 2. The van der Waals surface area contributed by atoms with E-state index in [1.807, 2.05) is 0 Å². The number of carbonyl (C=O) groups is 3. The van der Waals surface area contributed by atoms with Gasteiger partial charge in [-0.3, -0.25) is 14.4 Å². The van der Waals surface area contributed by atoms with E-state index in [1.54, 1.807) is 19.9 Å². The van der Waals surface area contributed by atoms with Crippen molar-refractivity contribution in [2.45, 2.75) is 19.9 Å². The van der Waals surface area contributed by atoms with Gasteiger partial charge in [0.2, 0.25) is 5.91 Å². The first-order chi connectivity index (χ1) is 9.72. The van der Waals surface area contributed by atoms with Crippen molar-refractivity contribution in [2.75, 3.05) is 20.1 Å². The third kappa shape index (κ3) is 4.89. The van der Waals surface area contributed by atoms with Crippen molar-refractivity contribution in [2.24, 2.45) is 0 Å². The number of nitrogens with zero attached hydrogens (tertiary/aromatic N) is 2. The molecule has 0 aliphatic heterocycles. The number of hydrogen-bond donors (Lipinski definition) is 1. The fraction of sp³-hybridized carbons (Fsp3) is 0.462. The summed E-state index contributed by atoms with van der Waals surface area (Å²) in [6.45, 7) is 2.81. The first kappa shape index (κ1) is 17.2. The quantitative estimate of drug-likeness (QED) is 0.828. The molecular formula is C13H17BrN2O5. The molecule has 116 valence electrons. The van der Waals surface area contributed by atoms with Gasteiger partial charge in [0.1, 0.15) is 6.54 Å². The average Bonchev–Trinajstić information content (AvgIpc) is 2.80. The van der Waals surface area contributed by atoms with Crippen LogP contribution in [0.25, 0.3) is 0 Å². The summed E-state index contributed by atoms with van der Waals surface area (Å²) in [6, 6.07) is 2.80. The van der Waals surface area contributed by atoms with E-state index in [2.05, 4.69) is 15.9 Å². The Balaban J connectivity index is 2.71. The zero-order valence-electron chi connectivity index (χ0n) is 12.0. The van der Waals surface area contributed by atoms with Crippen molar-refractivity contribution >= 4 is 33.7 Å². The Morgan fingerprint density at radius 2 is 1.90 bits per heavy atom. The zero-order chi connectivity index (χ0) is 16.2. The van der Waals surface area contributed by atoms with Gasteiger partial charge < -0.3 is 19.3 Å². The minimum absolute atomic E-state index is 0.103. The fourth-order valence-electron chi connectivity index (χ4n) is 1.69. The predicted octanol–water partition coefficient (Wildman–Crippen LogP) is 1.44. The lowest BCUT2D eigenvalue weighted by atomic mass is 10.3. The largest absolute Gasteiger partial charge is 0.480 e. The van der Waals surface area contributed by atoms with Crippen molar-refractivity contribution in [1.29, 1.82) is 0 Å². The number of halogens is 1. The molecule has 1 aromatic rings. The Morgan fingerprint density at radius 3 is 2.33 bits per heavy atom. The molecule has 1 N–H and O–H groups in total. The van der Waals surface area contributed by atoms with E-state index in [0.29, 0.717) is 4.67 Å². The molecule has 8 heteroatoms. The Bertz CT molecular complexity index is 540. The molecule has 1 heterocycles. The Morgan fingerprint density at radius 1 is 1.29 bits per heavy atom. The molecule has 0 unspecified atom stereocenters. The summed E-state index contributed by atoms with van der Waals surface area (Å²) in [5.74, 6) is -1.88. The molecule has 0 aliphatic carbocycles. The second-order valence-electron chi connectivity index (χ2n) is 4.77. The highest BCUT2D eigenvalue weighted by Gasteiger charge is 2.24. The summed E-state index contributed by atoms with van der Waals surface area (Å²) >= 11 is 3.09. The molecule has 2 amide bonds. The lowest BCUT2D eigenvalue weighted by Crippen LogP contribution is -2.46. The van der Waals surface area contributed by atoms with Crippen LogP contribution in [0.3, 0.4) is 0 Å². The SMILES string of the molecule is CC(C)N(CC(=O)O)C(=O)CN(C)C(=O)c1ccc(Br)o1. The van der Waals surface area contributed by atoms with Gasteiger partial charge >= 0.3 is 5.97 Å². The first-order valence-electron chi connectivity index (χ1n) is 6.24. The third-order valence-electron chi connectivity index (χ3n) is 2.75. The van der Waals surface area contributed by atoms with Crippen molar-refractivity contribution in [3.05, 3.63) is 22.6 Å². The second-order valence-corrected chi connectivity index (χ2v) is 5.56. The van der Waals surface area contributed by atoms with Gasteiger partial charge in [0.15, 0.2) is 10.4 Å². The van der Waals surface area contributed by atoms with Crippen LogP contribution in [0.15, 0.2) is 21.2 Å². The third-order valence-corrected chi connectivity index (χ3v) is 3.18. The van der Waals surface area contributed by atoms with Crippen LogP contribution in [0.1, 0.15) is 24.4 Å². The average molecular weight is 361 g/mol. The molecule has 21 heavy (non-hydrogen) atoms. The number of carboxylic acids is 1. The minimum Gasteiger partial charge on any atom is -0.480 e. The van der Waals surface area contributed by atoms with E-state index < -0.39 is 24.3 Å². The maximum Gasteiger partial charge on any atom is 0.323 e. The van der Waals surface area contributed by atoms with Crippen molar-refractivity contribution < 1.29 is 23.9 Å². The Hall–Kier alpha value is -1.83. The van der Waals surface area contributed by atoms with Gasteiger partial charge in [-0.1, -0.05) is 0 Å². The van der Waals surface area contributed by atoms with Crippen molar-refractivity contribution in [3.8, 4) is 0 Å².